The summed E-state index contributed by atoms with van der Waals surface area (Å²) in [5.74, 6) is 1.64. The number of amides is 1. The monoisotopic (exact) mass is 396 g/mol. The van der Waals surface area contributed by atoms with Crippen molar-refractivity contribution in [1.29, 1.82) is 0 Å². The van der Waals surface area contributed by atoms with Gasteiger partial charge in [-0.1, -0.05) is 26.0 Å². The summed E-state index contributed by atoms with van der Waals surface area (Å²) in [7, 11) is 1.64. The Morgan fingerprint density at radius 3 is 2.32 bits per heavy atom. The van der Waals surface area contributed by atoms with E-state index in [1.165, 1.54) is 11.3 Å². The Labute approximate surface area is 169 Å². The maximum atomic E-state index is 12.7. The second-order valence-corrected chi connectivity index (χ2v) is 7.48. The van der Waals surface area contributed by atoms with Gasteiger partial charge in [0.1, 0.15) is 18.1 Å². The van der Waals surface area contributed by atoms with Gasteiger partial charge in [-0.05, 0) is 47.9 Å². The first-order valence-corrected chi connectivity index (χ1v) is 10.1. The van der Waals surface area contributed by atoms with E-state index in [0.717, 1.165) is 17.0 Å². The van der Waals surface area contributed by atoms with Crippen molar-refractivity contribution in [2.45, 2.75) is 26.5 Å². The van der Waals surface area contributed by atoms with Crippen molar-refractivity contribution in [3.8, 4) is 11.5 Å². The molecule has 3 aromatic rings. The lowest BCUT2D eigenvalue weighted by atomic mass is 9.95. The Morgan fingerprint density at radius 1 is 1.07 bits per heavy atom. The van der Waals surface area contributed by atoms with E-state index in [4.69, 9.17) is 9.47 Å². The molecule has 5 nitrogen and oxygen atoms in total. The molecule has 0 aliphatic heterocycles. The third-order valence-electron chi connectivity index (χ3n) is 4.41. The van der Waals surface area contributed by atoms with Gasteiger partial charge in [0.15, 0.2) is 0 Å². The van der Waals surface area contributed by atoms with Crippen LogP contribution in [0.4, 0.5) is 0 Å². The minimum absolute atomic E-state index is 0.0843. The van der Waals surface area contributed by atoms with Gasteiger partial charge in [-0.25, -0.2) is 4.98 Å². The van der Waals surface area contributed by atoms with Crippen LogP contribution in [0.5, 0.6) is 11.5 Å². The molecule has 0 radical (unpaired) electrons. The fraction of sp³-hybridized carbons (Fsp3) is 0.273. The molecule has 1 unspecified atom stereocenters. The van der Waals surface area contributed by atoms with Gasteiger partial charge >= 0.3 is 0 Å². The number of nitrogens with zero attached hydrogens (tertiary/aromatic N) is 1. The minimum atomic E-state index is -0.111. The van der Waals surface area contributed by atoms with Crippen molar-refractivity contribution in [2.24, 2.45) is 5.92 Å². The van der Waals surface area contributed by atoms with Crippen LogP contribution in [0.3, 0.4) is 0 Å². The van der Waals surface area contributed by atoms with E-state index >= 15 is 0 Å². The van der Waals surface area contributed by atoms with E-state index in [9.17, 15) is 4.79 Å². The molecule has 28 heavy (non-hydrogen) atoms. The molecule has 146 valence electrons. The van der Waals surface area contributed by atoms with Crippen molar-refractivity contribution in [3.63, 3.8) is 0 Å². The van der Waals surface area contributed by atoms with Crippen LogP contribution < -0.4 is 14.8 Å². The van der Waals surface area contributed by atoms with Crippen LogP contribution >= 0.6 is 11.3 Å². The summed E-state index contributed by atoms with van der Waals surface area (Å²) in [4.78, 5) is 16.9. The highest BCUT2D eigenvalue weighted by Gasteiger charge is 2.19. The number of methoxy groups -OCH3 is 1. The molecule has 1 N–H and O–H groups in total. The van der Waals surface area contributed by atoms with Crippen LogP contribution in [0.2, 0.25) is 0 Å². The molecule has 0 saturated heterocycles. The highest BCUT2D eigenvalue weighted by atomic mass is 32.1. The summed E-state index contributed by atoms with van der Waals surface area (Å²) < 4.78 is 10.9. The van der Waals surface area contributed by atoms with E-state index in [0.29, 0.717) is 17.9 Å². The predicted octanol–water partition coefficient (Wildman–Crippen LogP) is 4.86. The van der Waals surface area contributed by atoms with Crippen molar-refractivity contribution >= 4 is 17.2 Å². The molecule has 1 atom stereocenters. The third kappa shape index (κ3) is 5.10. The molecular weight excluding hydrogens is 372 g/mol. The Hall–Kier alpha value is -2.86. The van der Waals surface area contributed by atoms with Crippen LogP contribution in [0, 0.1) is 5.92 Å². The zero-order valence-corrected chi connectivity index (χ0v) is 17.0. The highest BCUT2D eigenvalue weighted by molar-refractivity contribution is 7.07. The second-order valence-electron chi connectivity index (χ2n) is 6.76. The molecule has 0 fully saturated rings. The molecule has 1 amide bonds. The summed E-state index contributed by atoms with van der Waals surface area (Å²) >= 11 is 1.54. The van der Waals surface area contributed by atoms with Crippen LogP contribution in [0.15, 0.2) is 59.4 Å². The first kappa shape index (κ1) is 19.9. The van der Waals surface area contributed by atoms with E-state index in [1.54, 1.807) is 36.9 Å². The number of aromatic nitrogens is 1. The molecule has 1 heterocycles. The van der Waals surface area contributed by atoms with Crippen LogP contribution in [-0.2, 0) is 6.61 Å². The Bertz CT molecular complexity index is 875. The van der Waals surface area contributed by atoms with Crippen molar-refractivity contribution in [1.82, 2.24) is 10.3 Å². The van der Waals surface area contributed by atoms with Gasteiger partial charge in [0.05, 0.1) is 24.4 Å². The first-order chi connectivity index (χ1) is 13.6. The maximum absolute atomic E-state index is 12.7. The maximum Gasteiger partial charge on any atom is 0.251 e. The van der Waals surface area contributed by atoms with Gasteiger partial charge in [-0.3, -0.25) is 4.79 Å². The largest absolute Gasteiger partial charge is 0.497 e. The second kappa shape index (κ2) is 9.37. The number of carbonyl (C=O) groups is 1. The Kier molecular flexibility index (Phi) is 6.66. The minimum Gasteiger partial charge on any atom is -0.497 e. The molecule has 2 aromatic carbocycles. The number of benzene rings is 2. The average molecular weight is 397 g/mol. The standard InChI is InChI=1S/C22H24N2O3S/c1-15(2)21(16-4-8-19(26-3)9-5-16)24-22(25)17-6-10-20(11-7-17)27-12-18-13-28-14-23-18/h4-11,13-15,21H,12H2,1-3H3,(H,24,25). The molecule has 0 bridgehead atoms. The van der Waals surface area contributed by atoms with Crippen molar-refractivity contribution < 1.29 is 14.3 Å². The van der Waals surface area contributed by atoms with E-state index in [1.807, 2.05) is 29.6 Å². The zero-order valence-electron chi connectivity index (χ0n) is 16.2. The molecule has 0 aliphatic carbocycles. The first-order valence-electron chi connectivity index (χ1n) is 9.11. The summed E-state index contributed by atoms with van der Waals surface area (Å²) in [5, 5.41) is 5.08. The van der Waals surface area contributed by atoms with Gasteiger partial charge in [-0.15, -0.1) is 11.3 Å². The summed E-state index contributed by atoms with van der Waals surface area (Å²) in [6, 6.07) is 14.9. The number of hydrogen-bond acceptors (Lipinski definition) is 5. The lowest BCUT2D eigenvalue weighted by molar-refractivity contribution is 0.0925. The average Bonchev–Trinajstić information content (AvgIpc) is 3.24. The lowest BCUT2D eigenvalue weighted by Gasteiger charge is -2.23. The van der Waals surface area contributed by atoms with E-state index < -0.39 is 0 Å². The number of hydrogen-bond donors (Lipinski definition) is 1. The molecule has 1 aromatic heterocycles. The quantitative estimate of drug-likeness (QED) is 0.591. The molecule has 0 aliphatic rings. The van der Waals surface area contributed by atoms with Gasteiger partial charge in [0.25, 0.3) is 5.91 Å². The summed E-state index contributed by atoms with van der Waals surface area (Å²) in [5.41, 5.74) is 4.32. The van der Waals surface area contributed by atoms with Gasteiger partial charge < -0.3 is 14.8 Å². The predicted molar refractivity (Wildman–Crippen MR) is 111 cm³/mol. The lowest BCUT2D eigenvalue weighted by Crippen LogP contribution is -2.31. The number of ether oxygens (including phenoxy) is 2. The van der Waals surface area contributed by atoms with Gasteiger partial charge in [-0.2, -0.15) is 0 Å². The Morgan fingerprint density at radius 2 is 1.75 bits per heavy atom. The topological polar surface area (TPSA) is 60.5 Å². The van der Waals surface area contributed by atoms with Crippen molar-refractivity contribution in [2.75, 3.05) is 7.11 Å². The molecule has 0 saturated carbocycles. The number of carbonyl (C=O) groups excluding carboxylic acids is 1. The third-order valence-corrected chi connectivity index (χ3v) is 5.05. The van der Waals surface area contributed by atoms with Crippen LogP contribution in [-0.4, -0.2) is 18.0 Å². The Balaban J connectivity index is 1.64. The summed E-state index contributed by atoms with van der Waals surface area (Å²) in [6.45, 7) is 4.59. The van der Waals surface area contributed by atoms with Crippen LogP contribution in [0.1, 0.15) is 41.5 Å². The van der Waals surface area contributed by atoms with E-state index in [-0.39, 0.29) is 17.9 Å². The molecule has 6 heteroatoms. The molecule has 0 spiro atoms. The van der Waals surface area contributed by atoms with Crippen molar-refractivity contribution in [3.05, 3.63) is 76.2 Å². The smallest absolute Gasteiger partial charge is 0.251 e. The molecular formula is C22H24N2O3S. The normalized spacial score (nSPS) is 11.9. The number of rotatable bonds is 8. The number of thiazole rings is 1. The van der Waals surface area contributed by atoms with Gasteiger partial charge in [0.2, 0.25) is 0 Å². The molecule has 3 rings (SSSR count). The summed E-state index contributed by atoms with van der Waals surface area (Å²) in [6.07, 6.45) is 0. The SMILES string of the molecule is COc1ccc(C(NC(=O)c2ccc(OCc3cscn3)cc2)C(C)C)cc1. The fourth-order valence-corrected chi connectivity index (χ4v) is 3.38. The van der Waals surface area contributed by atoms with Crippen LogP contribution in [0.25, 0.3) is 0 Å². The highest BCUT2D eigenvalue weighted by Crippen LogP contribution is 2.24. The fourth-order valence-electron chi connectivity index (χ4n) is 2.84. The van der Waals surface area contributed by atoms with E-state index in [2.05, 4.69) is 24.1 Å². The zero-order chi connectivity index (χ0) is 19.9. The van der Waals surface area contributed by atoms with Gasteiger partial charge in [0, 0.05) is 10.9 Å². The number of nitrogens with one attached hydrogen (secondary N) is 1.